The van der Waals surface area contributed by atoms with E-state index in [0.29, 0.717) is 18.9 Å². The summed E-state index contributed by atoms with van der Waals surface area (Å²) in [5, 5.41) is 11.3. The second kappa shape index (κ2) is 11.5. The number of hydrogen-bond acceptors (Lipinski definition) is 5. The van der Waals surface area contributed by atoms with Gasteiger partial charge < -0.3 is 26.1 Å². The molecule has 0 unspecified atom stereocenters. The number of piperazine rings is 1. The molecule has 2 aliphatic rings. The smallest absolute Gasteiger partial charge is 0.253 e. The van der Waals surface area contributed by atoms with Crippen molar-refractivity contribution in [2.45, 2.75) is 33.1 Å². The lowest BCUT2D eigenvalue weighted by atomic mass is 9.84. The molecule has 6 heteroatoms. The van der Waals surface area contributed by atoms with Gasteiger partial charge in [-0.25, -0.2) is 0 Å². The summed E-state index contributed by atoms with van der Waals surface area (Å²) in [6.45, 7) is 8.56. The highest BCUT2D eigenvalue weighted by molar-refractivity contribution is 5.99. The molecule has 2 aromatic rings. The molecule has 184 valence electrons. The number of amides is 1. The van der Waals surface area contributed by atoms with Gasteiger partial charge in [0.25, 0.3) is 5.91 Å². The SMILES string of the molecule is CCC/C=C(/C1=C(c2c(C)ccc(N)c2C=N)CCOC1)c1ccc(C(=O)N2CCNCC2)cc1. The van der Waals surface area contributed by atoms with Crippen molar-refractivity contribution in [1.82, 2.24) is 10.2 Å². The third-order valence-corrected chi connectivity index (χ3v) is 6.85. The molecule has 0 saturated carbocycles. The van der Waals surface area contributed by atoms with E-state index in [1.807, 2.05) is 29.2 Å². The zero-order valence-electron chi connectivity index (χ0n) is 20.8. The first-order valence-corrected chi connectivity index (χ1v) is 12.6. The number of carbonyl (C=O) groups is 1. The van der Waals surface area contributed by atoms with Crippen LogP contribution in [0.15, 0.2) is 48.0 Å². The van der Waals surface area contributed by atoms with E-state index in [-0.39, 0.29) is 5.91 Å². The number of anilines is 1. The Kier molecular flexibility index (Phi) is 8.16. The highest BCUT2D eigenvalue weighted by Gasteiger charge is 2.24. The zero-order chi connectivity index (χ0) is 24.8. The molecule has 6 nitrogen and oxygen atoms in total. The van der Waals surface area contributed by atoms with Crippen LogP contribution in [0.1, 0.15) is 58.8 Å². The van der Waals surface area contributed by atoms with Gasteiger partial charge in [-0.2, -0.15) is 0 Å². The maximum absolute atomic E-state index is 13.0. The van der Waals surface area contributed by atoms with Gasteiger partial charge in [0.2, 0.25) is 0 Å². The summed E-state index contributed by atoms with van der Waals surface area (Å²) in [6.07, 6.45) is 6.40. The first-order chi connectivity index (χ1) is 17.0. The van der Waals surface area contributed by atoms with Crippen LogP contribution in [0.5, 0.6) is 0 Å². The number of benzene rings is 2. The Morgan fingerprint density at radius 1 is 1.14 bits per heavy atom. The molecule has 2 aliphatic heterocycles. The molecule has 1 saturated heterocycles. The van der Waals surface area contributed by atoms with E-state index in [4.69, 9.17) is 15.9 Å². The fraction of sp³-hybridized carbons (Fsp3) is 0.379. The first-order valence-electron chi connectivity index (χ1n) is 12.6. The summed E-state index contributed by atoms with van der Waals surface area (Å²) in [7, 11) is 0. The molecular weight excluding hydrogens is 436 g/mol. The molecule has 0 aromatic heterocycles. The number of ether oxygens (including phenoxy) is 1. The summed E-state index contributed by atoms with van der Waals surface area (Å²) in [4.78, 5) is 14.9. The Labute approximate surface area is 208 Å². The van der Waals surface area contributed by atoms with E-state index in [1.54, 1.807) is 0 Å². The van der Waals surface area contributed by atoms with Crippen LogP contribution in [0.3, 0.4) is 0 Å². The van der Waals surface area contributed by atoms with Crippen molar-refractivity contribution in [3.63, 3.8) is 0 Å². The Balaban J connectivity index is 1.76. The van der Waals surface area contributed by atoms with E-state index in [2.05, 4.69) is 37.4 Å². The van der Waals surface area contributed by atoms with Crippen LogP contribution >= 0.6 is 0 Å². The lowest BCUT2D eigenvalue weighted by Crippen LogP contribution is -2.46. The number of nitrogen functional groups attached to an aromatic ring is 1. The predicted octanol–water partition coefficient (Wildman–Crippen LogP) is 4.68. The topological polar surface area (TPSA) is 91.4 Å². The van der Waals surface area contributed by atoms with Crippen molar-refractivity contribution in [3.05, 3.63) is 75.9 Å². The second-order valence-corrected chi connectivity index (χ2v) is 9.19. The van der Waals surface area contributed by atoms with Gasteiger partial charge in [0.05, 0.1) is 13.2 Å². The number of rotatable bonds is 7. The van der Waals surface area contributed by atoms with Crippen molar-refractivity contribution in [1.29, 1.82) is 5.41 Å². The van der Waals surface area contributed by atoms with Crippen LogP contribution in [-0.4, -0.2) is 56.4 Å². The van der Waals surface area contributed by atoms with Crippen LogP contribution in [0.2, 0.25) is 0 Å². The van der Waals surface area contributed by atoms with E-state index < -0.39 is 0 Å². The molecule has 4 N–H and O–H groups in total. The minimum absolute atomic E-state index is 0.0871. The Hall–Kier alpha value is -3.22. The van der Waals surface area contributed by atoms with Crippen molar-refractivity contribution >= 4 is 29.0 Å². The van der Waals surface area contributed by atoms with E-state index >= 15 is 0 Å². The average Bonchev–Trinajstić information content (AvgIpc) is 2.91. The highest BCUT2D eigenvalue weighted by Crippen LogP contribution is 2.39. The third kappa shape index (κ3) is 5.39. The zero-order valence-corrected chi connectivity index (χ0v) is 20.8. The minimum Gasteiger partial charge on any atom is -0.398 e. The number of hydrogen-bond donors (Lipinski definition) is 3. The van der Waals surface area contributed by atoms with E-state index in [9.17, 15) is 4.79 Å². The van der Waals surface area contributed by atoms with Crippen LogP contribution in [0, 0.1) is 12.3 Å². The van der Waals surface area contributed by atoms with Crippen LogP contribution in [0.25, 0.3) is 11.1 Å². The number of nitrogens with two attached hydrogens (primary N) is 1. The molecule has 35 heavy (non-hydrogen) atoms. The molecule has 0 aliphatic carbocycles. The Morgan fingerprint density at radius 2 is 1.86 bits per heavy atom. The van der Waals surface area contributed by atoms with Crippen LogP contribution in [0.4, 0.5) is 5.69 Å². The van der Waals surface area contributed by atoms with Gasteiger partial charge in [0, 0.05) is 49.2 Å². The molecule has 2 aromatic carbocycles. The van der Waals surface area contributed by atoms with E-state index in [0.717, 1.165) is 84.4 Å². The molecule has 0 bridgehead atoms. The standard InChI is InChI=1S/C29H36N4O2/c1-3-4-5-23(21-7-9-22(10-8-21)29(34)33-15-13-32-14-16-33)26-19-35-17-12-24(26)28-20(2)6-11-27(31)25(28)18-30/h5-11,18,30,32H,3-4,12-17,19,31H2,1-2H3/b23-5+,30-18?. The lowest BCUT2D eigenvalue weighted by molar-refractivity contribution is 0.0736. The van der Waals surface area contributed by atoms with Gasteiger partial charge >= 0.3 is 0 Å². The molecule has 1 amide bonds. The predicted molar refractivity (Wildman–Crippen MR) is 144 cm³/mol. The van der Waals surface area contributed by atoms with Gasteiger partial charge in [-0.3, -0.25) is 4.79 Å². The summed E-state index contributed by atoms with van der Waals surface area (Å²) in [6, 6.07) is 11.9. The number of unbranched alkanes of at least 4 members (excludes halogenated alkanes) is 1. The summed E-state index contributed by atoms with van der Waals surface area (Å²) in [5.41, 5.74) is 15.1. The fourth-order valence-corrected chi connectivity index (χ4v) is 4.95. The molecule has 0 spiro atoms. The summed E-state index contributed by atoms with van der Waals surface area (Å²) >= 11 is 0. The molecule has 0 radical (unpaired) electrons. The number of carbonyl (C=O) groups excluding carboxylic acids is 1. The molecule has 1 fully saturated rings. The average molecular weight is 473 g/mol. The monoisotopic (exact) mass is 472 g/mol. The minimum atomic E-state index is 0.0871. The van der Waals surface area contributed by atoms with Crippen LogP contribution in [-0.2, 0) is 4.74 Å². The fourth-order valence-electron chi connectivity index (χ4n) is 4.95. The van der Waals surface area contributed by atoms with Crippen molar-refractivity contribution in [3.8, 4) is 0 Å². The highest BCUT2D eigenvalue weighted by atomic mass is 16.5. The van der Waals surface area contributed by atoms with Gasteiger partial charge in [-0.05, 0) is 71.4 Å². The quantitative estimate of drug-likeness (QED) is 0.403. The number of allylic oxidation sites excluding steroid dienone is 1. The summed E-state index contributed by atoms with van der Waals surface area (Å²) < 4.78 is 5.95. The summed E-state index contributed by atoms with van der Waals surface area (Å²) in [5.74, 6) is 0.0871. The third-order valence-electron chi connectivity index (χ3n) is 6.85. The number of nitrogens with one attached hydrogen (secondary N) is 2. The van der Waals surface area contributed by atoms with Gasteiger partial charge in [-0.1, -0.05) is 37.6 Å². The normalized spacial score (nSPS) is 17.0. The van der Waals surface area contributed by atoms with Gasteiger partial charge in [0.1, 0.15) is 0 Å². The van der Waals surface area contributed by atoms with Crippen molar-refractivity contribution in [2.75, 3.05) is 45.1 Å². The van der Waals surface area contributed by atoms with Gasteiger partial charge in [0.15, 0.2) is 0 Å². The maximum Gasteiger partial charge on any atom is 0.253 e. The number of nitrogens with zero attached hydrogens (tertiary/aromatic N) is 1. The molecule has 4 rings (SSSR count). The first kappa shape index (κ1) is 24.9. The van der Waals surface area contributed by atoms with Crippen molar-refractivity contribution in [2.24, 2.45) is 0 Å². The Morgan fingerprint density at radius 3 is 2.54 bits per heavy atom. The lowest BCUT2D eigenvalue weighted by Gasteiger charge is -2.28. The second-order valence-electron chi connectivity index (χ2n) is 9.19. The van der Waals surface area contributed by atoms with Gasteiger partial charge in [-0.15, -0.1) is 0 Å². The Bertz CT molecular complexity index is 1140. The molecule has 0 atom stereocenters. The maximum atomic E-state index is 13.0. The largest absolute Gasteiger partial charge is 0.398 e. The van der Waals surface area contributed by atoms with Crippen LogP contribution < -0.4 is 11.1 Å². The van der Waals surface area contributed by atoms with Crippen molar-refractivity contribution < 1.29 is 9.53 Å². The number of aryl methyl sites for hydroxylation is 1. The molecular formula is C29H36N4O2. The molecule has 2 heterocycles. The van der Waals surface area contributed by atoms with E-state index in [1.165, 1.54) is 11.8 Å².